The van der Waals surface area contributed by atoms with Crippen molar-refractivity contribution in [3.63, 3.8) is 0 Å². The molecule has 0 aromatic heterocycles. The smallest absolute Gasteiger partial charge is 0.269 e. The average molecular weight is 349 g/mol. The maximum Gasteiger partial charge on any atom is -0.269 e. The van der Waals surface area contributed by atoms with E-state index in [4.69, 9.17) is 0 Å². The fraction of sp³-hybridized carbons (Fsp3) is 0.250. The summed E-state index contributed by atoms with van der Waals surface area (Å²) in [7, 11) is 0. The molecular weight excluding hydrogens is 332 g/mol. The molecule has 0 heterocycles. The summed E-state index contributed by atoms with van der Waals surface area (Å²) in [5.74, 6) is 0. The predicted octanol–water partition coefficient (Wildman–Crippen LogP) is 1.48. The molecule has 1 aromatic carbocycles. The van der Waals surface area contributed by atoms with Crippen molar-refractivity contribution in [2.45, 2.75) is 13.8 Å². The third-order valence-electron chi connectivity index (χ3n) is 1.24. The number of rotatable bonds is 0. The summed E-state index contributed by atoms with van der Waals surface area (Å²) in [4.78, 5) is 0. The molecule has 0 saturated carbocycles. The molecule has 96 valence electrons. The van der Waals surface area contributed by atoms with Gasteiger partial charge in [0.1, 0.15) is 0 Å². The third-order valence-corrected chi connectivity index (χ3v) is 2.20. The zero-order valence-electron chi connectivity index (χ0n) is 8.26. The van der Waals surface area contributed by atoms with Crippen LogP contribution in [0.4, 0.5) is 28.2 Å². The van der Waals surface area contributed by atoms with Gasteiger partial charge in [-0.1, -0.05) is 0 Å². The van der Waals surface area contributed by atoms with Crippen molar-refractivity contribution in [2.24, 2.45) is 0 Å². The zero-order chi connectivity index (χ0) is 6.85. The van der Waals surface area contributed by atoms with Crippen molar-refractivity contribution in [2.75, 3.05) is 0 Å². The normalized spacial score (nSPS) is 5.80. The van der Waals surface area contributed by atoms with Gasteiger partial charge in [-0.2, -0.15) is 0 Å². The fourth-order valence-electron chi connectivity index (χ4n) is 1.01. The van der Waals surface area contributed by atoms with Gasteiger partial charge in [-0.15, -0.1) is 0 Å². The van der Waals surface area contributed by atoms with E-state index >= 15 is 0 Å². The van der Waals surface area contributed by atoms with E-state index in [0.717, 1.165) is 0 Å². The SMILES string of the molecule is Cc1cc(C)c[c]([SbH2])c1.F.F.F.F.F.F. The van der Waals surface area contributed by atoms with E-state index < -0.39 is 0 Å². The van der Waals surface area contributed by atoms with Crippen LogP contribution in [0.2, 0.25) is 0 Å². The standard InChI is InChI=1S/C8H9.6FH.Sb.2H/c1-7-4-3-5-8(2)6-7;;;;;;;;;/h4-6H,1-2H3;6*1H;;;. The Hall–Kier alpha value is -0.382. The van der Waals surface area contributed by atoms with Gasteiger partial charge in [0.2, 0.25) is 0 Å². The van der Waals surface area contributed by atoms with Crippen LogP contribution in [0.1, 0.15) is 11.1 Å². The minimum Gasteiger partial charge on any atom is -0.269 e. The second-order valence-electron chi connectivity index (χ2n) is 2.42. The van der Waals surface area contributed by atoms with E-state index in [2.05, 4.69) is 32.0 Å². The average Bonchev–Trinajstić information content (AvgIpc) is 1.59. The monoisotopic (exact) mass is 348 g/mol. The summed E-state index contributed by atoms with van der Waals surface area (Å²) in [6, 6.07) is 6.70. The molecule has 0 bridgehead atoms. The Labute approximate surface area is 98.1 Å². The van der Waals surface area contributed by atoms with Crippen molar-refractivity contribution in [1.82, 2.24) is 0 Å². The maximum absolute atomic E-state index is 2.25. The van der Waals surface area contributed by atoms with Gasteiger partial charge in [-0.25, -0.2) is 0 Å². The van der Waals surface area contributed by atoms with Gasteiger partial charge in [0.05, 0.1) is 0 Å². The van der Waals surface area contributed by atoms with Gasteiger partial charge in [0.25, 0.3) is 0 Å². The number of halogens is 6. The van der Waals surface area contributed by atoms with Crippen LogP contribution < -0.4 is 3.51 Å². The molecule has 15 heavy (non-hydrogen) atoms. The summed E-state index contributed by atoms with van der Waals surface area (Å²) >= 11 is 1.23. The van der Waals surface area contributed by atoms with Gasteiger partial charge in [0.15, 0.2) is 0 Å². The summed E-state index contributed by atoms with van der Waals surface area (Å²) in [6.07, 6.45) is 0. The summed E-state index contributed by atoms with van der Waals surface area (Å²) in [5.41, 5.74) is 2.77. The van der Waals surface area contributed by atoms with Crippen LogP contribution in [0, 0.1) is 13.8 Å². The van der Waals surface area contributed by atoms with Crippen molar-refractivity contribution in [1.29, 1.82) is 0 Å². The van der Waals surface area contributed by atoms with Crippen molar-refractivity contribution in [3.05, 3.63) is 29.3 Å². The van der Waals surface area contributed by atoms with Gasteiger partial charge in [-0.3, -0.25) is 28.2 Å². The van der Waals surface area contributed by atoms with Crippen LogP contribution >= 0.6 is 0 Å². The molecule has 0 nitrogen and oxygen atoms in total. The third kappa shape index (κ3) is 13.6. The summed E-state index contributed by atoms with van der Waals surface area (Å²) < 4.78 is 1.48. The van der Waals surface area contributed by atoms with E-state index in [-0.39, 0.29) is 28.2 Å². The van der Waals surface area contributed by atoms with Gasteiger partial charge >= 0.3 is 69.7 Å². The largest absolute Gasteiger partial charge is 0.269 e. The molecule has 0 aliphatic rings. The fourth-order valence-corrected chi connectivity index (χ4v) is 2.51. The van der Waals surface area contributed by atoms with Gasteiger partial charge < -0.3 is 0 Å². The first-order valence-corrected chi connectivity index (χ1v) is 4.67. The Balaban J connectivity index is -0.0000000337. The van der Waals surface area contributed by atoms with E-state index in [1.54, 1.807) is 0 Å². The Bertz CT molecular complexity index is 180. The van der Waals surface area contributed by atoms with Crippen molar-refractivity contribution >= 4 is 26.5 Å². The number of aryl methyl sites for hydroxylation is 2. The Kier molecular flexibility index (Phi) is 39.1. The van der Waals surface area contributed by atoms with E-state index in [1.165, 1.54) is 37.7 Å². The predicted molar refractivity (Wildman–Crippen MR) is 59.1 cm³/mol. The first-order valence-electron chi connectivity index (χ1n) is 3.02. The maximum atomic E-state index is 2.25. The van der Waals surface area contributed by atoms with E-state index in [0.29, 0.717) is 0 Å². The Morgan fingerprint density at radius 3 is 1.13 bits per heavy atom. The van der Waals surface area contributed by atoms with E-state index in [9.17, 15) is 0 Å². The number of benzene rings is 1. The first kappa shape index (κ1) is 36.5. The molecule has 1 aromatic rings. The minimum absolute atomic E-state index is 0. The number of hydrogen-bond donors (Lipinski definition) is 0. The van der Waals surface area contributed by atoms with Crippen LogP contribution in [-0.4, -0.2) is 23.0 Å². The van der Waals surface area contributed by atoms with Gasteiger partial charge in [0, 0.05) is 0 Å². The van der Waals surface area contributed by atoms with Crippen LogP contribution in [0.15, 0.2) is 18.2 Å². The minimum atomic E-state index is 0. The molecule has 0 saturated heterocycles. The quantitative estimate of drug-likeness (QED) is 0.492. The molecule has 1 rings (SSSR count). The molecule has 0 aliphatic carbocycles. The van der Waals surface area contributed by atoms with Crippen LogP contribution in [-0.2, 0) is 0 Å². The molecule has 0 spiro atoms. The Morgan fingerprint density at radius 1 is 0.667 bits per heavy atom. The van der Waals surface area contributed by atoms with Crippen LogP contribution in [0.3, 0.4) is 0 Å². The first-order chi connectivity index (χ1) is 4.18. The molecule has 0 atom stereocenters. The second-order valence-corrected chi connectivity index (χ2v) is 4.32. The van der Waals surface area contributed by atoms with Crippen molar-refractivity contribution in [3.8, 4) is 0 Å². The molecule has 0 aliphatic heterocycles. The molecule has 0 unspecified atom stereocenters. The summed E-state index contributed by atoms with van der Waals surface area (Å²) in [6.45, 7) is 4.29. The van der Waals surface area contributed by atoms with Gasteiger partial charge in [-0.05, 0) is 0 Å². The molecular formula is C8H17F6Sb. The van der Waals surface area contributed by atoms with Crippen LogP contribution in [0.5, 0.6) is 0 Å². The molecule has 0 radical (unpaired) electrons. The summed E-state index contributed by atoms with van der Waals surface area (Å²) in [5, 5.41) is 0. The van der Waals surface area contributed by atoms with E-state index in [1.807, 2.05) is 0 Å². The van der Waals surface area contributed by atoms with Crippen molar-refractivity contribution < 1.29 is 28.2 Å². The zero-order valence-corrected chi connectivity index (χ0v) is 11.6. The van der Waals surface area contributed by atoms with Crippen LogP contribution in [0.25, 0.3) is 0 Å². The second kappa shape index (κ2) is 16.1. The number of hydrogen-bond acceptors (Lipinski definition) is 0. The molecule has 7 heteroatoms. The Morgan fingerprint density at radius 2 is 0.933 bits per heavy atom. The molecule has 0 N–H and O–H groups in total. The molecule has 0 amide bonds. The topological polar surface area (TPSA) is 0 Å². The molecule has 0 fully saturated rings.